The van der Waals surface area contributed by atoms with Gasteiger partial charge in [-0.2, -0.15) is 0 Å². The van der Waals surface area contributed by atoms with Crippen molar-refractivity contribution in [3.05, 3.63) is 23.8 Å². The Morgan fingerprint density at radius 2 is 1.97 bits per heavy atom. The number of aliphatic hydroxyl groups is 2. The van der Waals surface area contributed by atoms with Crippen molar-refractivity contribution in [1.82, 2.24) is 4.90 Å². The zero-order chi connectivity index (χ0) is 22.6. The van der Waals surface area contributed by atoms with E-state index in [2.05, 4.69) is 0 Å². The fraction of sp³-hybridized carbons (Fsp3) is 0.720. The van der Waals surface area contributed by atoms with Crippen LogP contribution in [0.25, 0.3) is 0 Å². The molecule has 1 saturated carbocycles. The maximum Gasteiger partial charge on any atom is 0.251 e. The average Bonchev–Trinajstić information content (AvgIpc) is 3.39. The molecule has 6 heteroatoms. The Morgan fingerprint density at radius 3 is 2.58 bits per heavy atom. The average molecular weight is 434 g/mol. The van der Waals surface area contributed by atoms with Crippen LogP contribution in [0.1, 0.15) is 77.2 Å². The van der Waals surface area contributed by atoms with Gasteiger partial charge in [-0.1, -0.05) is 32.8 Å². The van der Waals surface area contributed by atoms with Gasteiger partial charge >= 0.3 is 0 Å². The van der Waals surface area contributed by atoms with Crippen molar-refractivity contribution < 1.29 is 24.5 Å². The molecule has 2 aliphatic rings. The lowest BCUT2D eigenvalue weighted by molar-refractivity contribution is -0.140. The summed E-state index contributed by atoms with van der Waals surface area (Å²) >= 11 is 0. The first kappa shape index (κ1) is 23.9. The van der Waals surface area contributed by atoms with Crippen molar-refractivity contribution in [1.29, 1.82) is 0 Å². The predicted octanol–water partition coefficient (Wildman–Crippen LogP) is 3.88. The fourth-order valence-electron chi connectivity index (χ4n) is 5.01. The highest BCUT2D eigenvalue weighted by Crippen LogP contribution is 2.47. The molecule has 0 bridgehead atoms. The van der Waals surface area contributed by atoms with Gasteiger partial charge in [-0.25, -0.2) is 0 Å². The number of hydrogen-bond donors (Lipinski definition) is 2. The van der Waals surface area contributed by atoms with Crippen LogP contribution < -0.4 is 9.47 Å². The lowest BCUT2D eigenvalue weighted by atomic mass is 9.72. The largest absolute Gasteiger partial charge is 0.493 e. The fourth-order valence-corrected chi connectivity index (χ4v) is 5.01. The third-order valence-corrected chi connectivity index (χ3v) is 7.30. The smallest absolute Gasteiger partial charge is 0.251 e. The zero-order valence-electron chi connectivity index (χ0n) is 19.5. The van der Waals surface area contributed by atoms with Crippen LogP contribution in [0.2, 0.25) is 0 Å². The first-order valence-electron chi connectivity index (χ1n) is 11.8. The van der Waals surface area contributed by atoms with Crippen LogP contribution >= 0.6 is 0 Å². The summed E-state index contributed by atoms with van der Waals surface area (Å²) < 4.78 is 11.8. The van der Waals surface area contributed by atoms with Crippen molar-refractivity contribution in [2.24, 2.45) is 5.41 Å². The van der Waals surface area contributed by atoms with E-state index in [1.807, 2.05) is 32.0 Å². The number of carbonyl (C=O) groups is 1. The predicted molar refractivity (Wildman–Crippen MR) is 121 cm³/mol. The van der Waals surface area contributed by atoms with Crippen LogP contribution in [-0.4, -0.2) is 59.5 Å². The third kappa shape index (κ3) is 5.17. The summed E-state index contributed by atoms with van der Waals surface area (Å²) in [5.74, 6) is 1.13. The second kappa shape index (κ2) is 10.2. The number of amides is 1. The first-order valence-corrected chi connectivity index (χ1v) is 11.8. The molecule has 31 heavy (non-hydrogen) atoms. The molecule has 1 aromatic carbocycles. The monoisotopic (exact) mass is 433 g/mol. The summed E-state index contributed by atoms with van der Waals surface area (Å²) in [6, 6.07) is 5.94. The van der Waals surface area contributed by atoms with E-state index >= 15 is 0 Å². The summed E-state index contributed by atoms with van der Waals surface area (Å²) in [7, 11) is 1.64. The molecule has 0 radical (unpaired) electrons. The second-order valence-electron chi connectivity index (χ2n) is 9.55. The van der Waals surface area contributed by atoms with Crippen molar-refractivity contribution in [2.45, 2.75) is 89.9 Å². The molecule has 174 valence electrons. The van der Waals surface area contributed by atoms with Crippen LogP contribution in [0, 0.1) is 5.41 Å². The van der Waals surface area contributed by atoms with Crippen molar-refractivity contribution >= 4 is 5.91 Å². The number of carbonyl (C=O) groups excluding carboxylic acids is 1. The van der Waals surface area contributed by atoms with Gasteiger partial charge in [0.05, 0.1) is 19.3 Å². The van der Waals surface area contributed by atoms with Gasteiger partial charge in [-0.15, -0.1) is 0 Å². The van der Waals surface area contributed by atoms with Crippen LogP contribution in [0.3, 0.4) is 0 Å². The molecule has 4 atom stereocenters. The van der Waals surface area contributed by atoms with Gasteiger partial charge in [0.25, 0.3) is 5.91 Å². The van der Waals surface area contributed by atoms with Gasteiger partial charge in [-0.3, -0.25) is 4.79 Å². The minimum atomic E-state index is -0.978. The highest BCUT2D eigenvalue weighted by molar-refractivity contribution is 5.81. The maximum absolute atomic E-state index is 12.9. The van der Waals surface area contributed by atoms with Crippen LogP contribution in [-0.2, 0) is 4.79 Å². The summed E-state index contributed by atoms with van der Waals surface area (Å²) in [6.45, 7) is 6.74. The molecule has 1 amide bonds. The molecule has 3 rings (SSSR count). The van der Waals surface area contributed by atoms with E-state index in [1.165, 1.54) is 12.8 Å². The van der Waals surface area contributed by atoms with Crippen LogP contribution in [0.5, 0.6) is 11.5 Å². The van der Waals surface area contributed by atoms with Gasteiger partial charge in [-0.05, 0) is 56.7 Å². The van der Waals surface area contributed by atoms with E-state index in [9.17, 15) is 15.0 Å². The summed E-state index contributed by atoms with van der Waals surface area (Å²) in [6.07, 6.45) is 5.34. The molecule has 0 spiro atoms. The van der Waals surface area contributed by atoms with E-state index in [0.29, 0.717) is 25.3 Å². The van der Waals surface area contributed by atoms with E-state index < -0.39 is 17.6 Å². The SMILES string of the molecule is CCCC[C@@H](O)C(=O)N1C[C@@H](c2ccc(OC)c(OC3CCCC3)c2)[C@](C)([C@@H](C)O)C1. The number of likely N-dealkylation sites (tertiary alicyclic amines) is 1. The van der Waals surface area contributed by atoms with Crippen molar-refractivity contribution in [3.8, 4) is 11.5 Å². The van der Waals surface area contributed by atoms with Crippen molar-refractivity contribution in [2.75, 3.05) is 20.2 Å². The Morgan fingerprint density at radius 1 is 1.26 bits per heavy atom. The van der Waals surface area contributed by atoms with E-state index in [4.69, 9.17) is 9.47 Å². The Hall–Kier alpha value is -1.79. The molecule has 1 aromatic rings. The highest BCUT2D eigenvalue weighted by Gasteiger charge is 2.49. The Kier molecular flexibility index (Phi) is 7.87. The van der Waals surface area contributed by atoms with Gasteiger partial charge < -0.3 is 24.6 Å². The van der Waals surface area contributed by atoms with E-state index in [-0.39, 0.29) is 17.9 Å². The number of benzene rings is 1. The lowest BCUT2D eigenvalue weighted by Gasteiger charge is -2.34. The second-order valence-corrected chi connectivity index (χ2v) is 9.55. The topological polar surface area (TPSA) is 79.2 Å². The minimum Gasteiger partial charge on any atom is -0.493 e. The lowest BCUT2D eigenvalue weighted by Crippen LogP contribution is -2.41. The van der Waals surface area contributed by atoms with Gasteiger partial charge in [0.1, 0.15) is 6.10 Å². The van der Waals surface area contributed by atoms with Gasteiger partial charge in [0.2, 0.25) is 0 Å². The summed E-state index contributed by atoms with van der Waals surface area (Å²) in [5, 5.41) is 21.0. The number of rotatable bonds is 9. The van der Waals surface area contributed by atoms with E-state index in [1.54, 1.807) is 18.9 Å². The van der Waals surface area contributed by atoms with Gasteiger partial charge in [0.15, 0.2) is 11.5 Å². The van der Waals surface area contributed by atoms with Gasteiger partial charge in [0, 0.05) is 24.4 Å². The normalized spacial score (nSPS) is 26.1. The molecular weight excluding hydrogens is 394 g/mol. The zero-order valence-corrected chi connectivity index (χ0v) is 19.5. The molecule has 0 unspecified atom stereocenters. The quantitative estimate of drug-likeness (QED) is 0.618. The summed E-state index contributed by atoms with van der Waals surface area (Å²) in [5.41, 5.74) is 0.509. The minimum absolute atomic E-state index is 0.0633. The number of hydrogen-bond acceptors (Lipinski definition) is 5. The molecule has 0 aromatic heterocycles. The molecule has 1 aliphatic carbocycles. The van der Waals surface area contributed by atoms with Crippen molar-refractivity contribution in [3.63, 3.8) is 0 Å². The molecular formula is C25H39NO5. The molecule has 1 saturated heterocycles. The third-order valence-electron chi connectivity index (χ3n) is 7.30. The Balaban J connectivity index is 1.85. The number of nitrogens with zero attached hydrogens (tertiary/aromatic N) is 1. The molecule has 1 heterocycles. The highest BCUT2D eigenvalue weighted by atomic mass is 16.5. The number of aliphatic hydroxyl groups excluding tert-OH is 2. The maximum atomic E-state index is 12.9. The number of ether oxygens (including phenoxy) is 2. The van der Waals surface area contributed by atoms with Crippen LogP contribution in [0.4, 0.5) is 0 Å². The standard InChI is InChI=1S/C25H39NO5/c1-5-6-11-21(28)24(29)26-15-20(25(3,16-26)17(2)27)18-12-13-22(30-4)23(14-18)31-19-9-7-8-10-19/h12-14,17,19-21,27-28H,5-11,15-16H2,1-4H3/t17-,20+,21-,25+/m1/s1. The first-order chi connectivity index (χ1) is 14.8. The number of unbranched alkanes of at least 4 members (excludes halogenated alkanes) is 1. The number of methoxy groups -OCH3 is 1. The van der Waals surface area contributed by atoms with Crippen LogP contribution in [0.15, 0.2) is 18.2 Å². The molecule has 2 N–H and O–H groups in total. The summed E-state index contributed by atoms with van der Waals surface area (Å²) in [4.78, 5) is 14.6. The molecule has 1 aliphatic heterocycles. The molecule has 6 nitrogen and oxygen atoms in total. The van der Waals surface area contributed by atoms with E-state index in [0.717, 1.165) is 37.0 Å². The Labute approximate surface area is 186 Å². The molecule has 2 fully saturated rings. The Bertz CT molecular complexity index is 745.